The topological polar surface area (TPSA) is 54.2 Å². The molecule has 1 aliphatic rings. The van der Waals surface area contributed by atoms with Crippen LogP contribution in [0.25, 0.3) is 0 Å². The van der Waals surface area contributed by atoms with Crippen LogP contribution < -0.4 is 11.1 Å². The van der Waals surface area contributed by atoms with Crippen molar-refractivity contribution >= 4 is 22.9 Å². The predicted octanol–water partition coefficient (Wildman–Crippen LogP) is 2.00. The summed E-state index contributed by atoms with van der Waals surface area (Å²) in [5.74, 6) is 0. The number of nitrogens with zero attached hydrogens (tertiary/aromatic N) is 2. The molecule has 4 nitrogen and oxygen atoms in total. The Morgan fingerprint density at radius 2 is 2.21 bits per heavy atom. The van der Waals surface area contributed by atoms with Gasteiger partial charge in [-0.1, -0.05) is 18.6 Å². The summed E-state index contributed by atoms with van der Waals surface area (Å²) in [6, 6.07) is 4.24. The molecule has 19 heavy (non-hydrogen) atoms. The number of rotatable bonds is 5. The molecule has 1 aliphatic heterocycles. The fourth-order valence-corrected chi connectivity index (χ4v) is 2.72. The van der Waals surface area contributed by atoms with E-state index in [9.17, 15) is 0 Å². The van der Waals surface area contributed by atoms with Crippen molar-refractivity contribution in [2.24, 2.45) is 5.73 Å². The lowest BCUT2D eigenvalue weighted by Gasteiger charge is -2.29. The van der Waals surface area contributed by atoms with E-state index >= 15 is 0 Å². The molecule has 1 aromatic heterocycles. The molecule has 0 spiro atoms. The first-order chi connectivity index (χ1) is 9.16. The van der Waals surface area contributed by atoms with Gasteiger partial charge in [-0.05, 0) is 45.0 Å². The number of aromatic nitrogens is 1. The molecule has 0 saturated carbocycles. The number of nitrogens with one attached hydrogen (secondary N) is 1. The van der Waals surface area contributed by atoms with Gasteiger partial charge >= 0.3 is 0 Å². The number of nitrogens with two attached hydrogens (primary N) is 1. The summed E-state index contributed by atoms with van der Waals surface area (Å²) in [6.45, 7) is 5.65. The summed E-state index contributed by atoms with van der Waals surface area (Å²) in [5.41, 5.74) is 7.31. The first kappa shape index (κ1) is 14.2. The van der Waals surface area contributed by atoms with E-state index in [1.165, 1.54) is 32.4 Å². The number of hydrogen-bond acceptors (Lipinski definition) is 4. The average Bonchev–Trinajstić information content (AvgIpc) is 2.40. The maximum Gasteiger partial charge on any atom is 0.124 e. The molecule has 1 aromatic rings. The van der Waals surface area contributed by atoms with Crippen LogP contribution in [0.3, 0.4) is 0 Å². The van der Waals surface area contributed by atoms with Crippen LogP contribution in [0.5, 0.6) is 0 Å². The van der Waals surface area contributed by atoms with Gasteiger partial charge in [0.1, 0.15) is 10.7 Å². The molecule has 0 aromatic carbocycles. The van der Waals surface area contributed by atoms with Gasteiger partial charge < -0.3 is 16.0 Å². The van der Waals surface area contributed by atoms with Crippen molar-refractivity contribution in [3.8, 4) is 0 Å². The van der Waals surface area contributed by atoms with E-state index in [-0.39, 0.29) is 0 Å². The number of hydrogen-bond donors (Lipinski definition) is 2. The summed E-state index contributed by atoms with van der Waals surface area (Å²) < 4.78 is 0. The molecular formula is C14H22N4S. The Morgan fingerprint density at radius 3 is 2.89 bits per heavy atom. The van der Waals surface area contributed by atoms with Crippen molar-refractivity contribution in [2.45, 2.75) is 32.2 Å². The fourth-order valence-electron chi connectivity index (χ4n) is 2.56. The highest BCUT2D eigenvalue weighted by molar-refractivity contribution is 7.80. The van der Waals surface area contributed by atoms with E-state index < -0.39 is 0 Å². The van der Waals surface area contributed by atoms with Crippen molar-refractivity contribution in [1.82, 2.24) is 9.88 Å². The van der Waals surface area contributed by atoms with Gasteiger partial charge in [-0.2, -0.15) is 0 Å². The Balaban J connectivity index is 1.94. The lowest BCUT2D eigenvalue weighted by atomic mass is 10.1. The second kappa shape index (κ2) is 6.82. The lowest BCUT2D eigenvalue weighted by molar-refractivity contribution is 0.223. The molecule has 104 valence electrons. The number of anilines is 1. The van der Waals surface area contributed by atoms with Crippen LogP contribution in [0.1, 0.15) is 31.9 Å². The Labute approximate surface area is 120 Å². The standard InChI is InChI=1S/C14H22N4S/c1-11(10-18-8-3-2-4-9-18)17-12-6-5-7-16-13(12)14(15)19/h5-7,11,17H,2-4,8-10H2,1H3,(H2,15,19). The highest BCUT2D eigenvalue weighted by atomic mass is 32.1. The van der Waals surface area contributed by atoms with Crippen LogP contribution in [0.2, 0.25) is 0 Å². The molecule has 0 aliphatic carbocycles. The lowest BCUT2D eigenvalue weighted by Crippen LogP contribution is -2.38. The zero-order valence-corrected chi connectivity index (χ0v) is 12.2. The number of piperidine rings is 1. The van der Waals surface area contributed by atoms with Crippen LogP contribution in [0.4, 0.5) is 5.69 Å². The molecule has 2 rings (SSSR count). The van der Waals surface area contributed by atoms with Gasteiger partial charge in [-0.3, -0.25) is 4.98 Å². The fraction of sp³-hybridized carbons (Fsp3) is 0.571. The quantitative estimate of drug-likeness (QED) is 0.807. The Hall–Kier alpha value is -1.20. The summed E-state index contributed by atoms with van der Waals surface area (Å²) >= 11 is 5.03. The predicted molar refractivity (Wildman–Crippen MR) is 83.5 cm³/mol. The average molecular weight is 278 g/mol. The first-order valence-electron chi connectivity index (χ1n) is 6.90. The van der Waals surface area contributed by atoms with E-state index in [2.05, 4.69) is 22.1 Å². The molecule has 1 unspecified atom stereocenters. The molecule has 0 amide bonds. The number of likely N-dealkylation sites (tertiary alicyclic amines) is 1. The highest BCUT2D eigenvalue weighted by Crippen LogP contribution is 2.15. The van der Waals surface area contributed by atoms with Crippen molar-refractivity contribution in [3.05, 3.63) is 24.0 Å². The Bertz CT molecular complexity index is 429. The molecule has 5 heteroatoms. The molecule has 1 saturated heterocycles. The smallest absolute Gasteiger partial charge is 0.124 e. The van der Waals surface area contributed by atoms with Crippen LogP contribution >= 0.6 is 12.2 Å². The molecule has 1 fully saturated rings. The minimum atomic E-state index is 0.341. The van der Waals surface area contributed by atoms with Crippen molar-refractivity contribution in [2.75, 3.05) is 25.0 Å². The molecule has 0 bridgehead atoms. The van der Waals surface area contributed by atoms with Crippen molar-refractivity contribution in [3.63, 3.8) is 0 Å². The maximum absolute atomic E-state index is 5.69. The van der Waals surface area contributed by atoms with Gasteiger partial charge in [0.25, 0.3) is 0 Å². The maximum atomic E-state index is 5.69. The molecule has 2 heterocycles. The van der Waals surface area contributed by atoms with E-state index in [0.717, 1.165) is 12.2 Å². The monoisotopic (exact) mass is 278 g/mol. The minimum Gasteiger partial charge on any atom is -0.388 e. The van der Waals surface area contributed by atoms with E-state index in [1.54, 1.807) is 6.20 Å². The van der Waals surface area contributed by atoms with Crippen LogP contribution in [0.15, 0.2) is 18.3 Å². The zero-order valence-electron chi connectivity index (χ0n) is 11.4. The van der Waals surface area contributed by atoms with Gasteiger partial charge in [0, 0.05) is 18.8 Å². The van der Waals surface area contributed by atoms with Crippen LogP contribution in [-0.4, -0.2) is 40.5 Å². The molecular weight excluding hydrogens is 256 g/mol. The van der Waals surface area contributed by atoms with E-state index in [0.29, 0.717) is 16.7 Å². The largest absolute Gasteiger partial charge is 0.388 e. The highest BCUT2D eigenvalue weighted by Gasteiger charge is 2.14. The van der Waals surface area contributed by atoms with Gasteiger partial charge in [0.15, 0.2) is 0 Å². The van der Waals surface area contributed by atoms with Gasteiger partial charge in [-0.15, -0.1) is 0 Å². The molecule has 1 atom stereocenters. The normalized spacial score (nSPS) is 17.9. The first-order valence-corrected chi connectivity index (χ1v) is 7.31. The minimum absolute atomic E-state index is 0.341. The van der Waals surface area contributed by atoms with Gasteiger partial charge in [0.2, 0.25) is 0 Å². The van der Waals surface area contributed by atoms with Gasteiger partial charge in [-0.25, -0.2) is 0 Å². The number of thiocarbonyl (C=S) groups is 1. The molecule has 3 N–H and O–H groups in total. The summed E-state index contributed by atoms with van der Waals surface area (Å²) in [7, 11) is 0. The van der Waals surface area contributed by atoms with Crippen LogP contribution in [-0.2, 0) is 0 Å². The SMILES string of the molecule is CC(CN1CCCCC1)Nc1cccnc1C(N)=S. The third-order valence-corrected chi connectivity index (χ3v) is 3.62. The van der Waals surface area contributed by atoms with Crippen molar-refractivity contribution < 1.29 is 0 Å². The van der Waals surface area contributed by atoms with E-state index in [1.807, 2.05) is 12.1 Å². The van der Waals surface area contributed by atoms with Crippen molar-refractivity contribution in [1.29, 1.82) is 0 Å². The second-order valence-corrected chi connectivity index (χ2v) is 5.61. The third kappa shape index (κ3) is 4.14. The number of pyridine rings is 1. The summed E-state index contributed by atoms with van der Waals surface area (Å²) in [6.07, 6.45) is 5.72. The summed E-state index contributed by atoms with van der Waals surface area (Å²) in [4.78, 5) is 7.09. The summed E-state index contributed by atoms with van der Waals surface area (Å²) in [5, 5.41) is 3.47. The zero-order chi connectivity index (χ0) is 13.7. The Morgan fingerprint density at radius 1 is 1.47 bits per heavy atom. The Kier molecular flexibility index (Phi) is 5.10. The third-order valence-electron chi connectivity index (χ3n) is 3.42. The van der Waals surface area contributed by atoms with Crippen LogP contribution in [0, 0.1) is 0 Å². The second-order valence-electron chi connectivity index (χ2n) is 5.17. The molecule has 0 radical (unpaired) electrons. The van der Waals surface area contributed by atoms with Gasteiger partial charge in [0.05, 0.1) is 5.69 Å². The van der Waals surface area contributed by atoms with E-state index in [4.69, 9.17) is 18.0 Å².